The SMILES string of the molecule is C=CC(=O)N1CCN(c2nc(OCCN3CCC[C@H](F)C3)nc3c2CCN(c2cc(O)cc4cccnc24)C3)CC1. The first-order chi connectivity index (χ1) is 20.0. The normalized spacial score (nSPS) is 19.7. The molecule has 3 aliphatic heterocycles. The molecule has 1 atom stereocenters. The van der Waals surface area contributed by atoms with E-state index in [2.05, 4.69) is 26.3 Å². The van der Waals surface area contributed by atoms with Crippen molar-refractivity contribution in [1.29, 1.82) is 0 Å². The Morgan fingerprint density at radius 2 is 2.00 bits per heavy atom. The molecule has 0 radical (unpaired) electrons. The van der Waals surface area contributed by atoms with Gasteiger partial charge in [0.2, 0.25) is 5.91 Å². The zero-order valence-corrected chi connectivity index (χ0v) is 23.2. The number of pyridine rings is 1. The van der Waals surface area contributed by atoms with Crippen LogP contribution < -0.4 is 14.5 Å². The Labute approximate surface area is 239 Å². The maximum Gasteiger partial charge on any atom is 0.318 e. The number of aromatic nitrogens is 3. The van der Waals surface area contributed by atoms with Gasteiger partial charge in [-0.25, -0.2) is 4.39 Å². The van der Waals surface area contributed by atoms with E-state index in [9.17, 15) is 14.3 Å². The molecule has 41 heavy (non-hydrogen) atoms. The van der Waals surface area contributed by atoms with Crippen molar-refractivity contribution in [1.82, 2.24) is 24.8 Å². The van der Waals surface area contributed by atoms with E-state index in [0.717, 1.165) is 46.6 Å². The third kappa shape index (κ3) is 5.90. The first-order valence-corrected chi connectivity index (χ1v) is 14.4. The van der Waals surface area contributed by atoms with Crippen molar-refractivity contribution in [3.63, 3.8) is 0 Å². The quantitative estimate of drug-likeness (QED) is 0.437. The lowest BCUT2D eigenvalue weighted by atomic mass is 10.0. The predicted octanol–water partition coefficient (Wildman–Crippen LogP) is 2.94. The largest absolute Gasteiger partial charge is 0.508 e. The number of nitrogens with zero attached hydrogens (tertiary/aromatic N) is 7. The molecule has 6 rings (SSSR count). The fraction of sp³-hybridized carbons (Fsp3) is 0.467. The first kappa shape index (κ1) is 27.2. The monoisotopic (exact) mass is 561 g/mol. The summed E-state index contributed by atoms with van der Waals surface area (Å²) in [4.78, 5) is 34.7. The number of benzene rings is 1. The summed E-state index contributed by atoms with van der Waals surface area (Å²) in [5.41, 5.74) is 3.63. The number of phenols is 1. The van der Waals surface area contributed by atoms with Crippen LogP contribution in [0.3, 0.4) is 0 Å². The van der Waals surface area contributed by atoms with Gasteiger partial charge in [0.1, 0.15) is 24.3 Å². The van der Waals surface area contributed by atoms with Crippen LogP contribution >= 0.6 is 0 Å². The average molecular weight is 562 g/mol. The van der Waals surface area contributed by atoms with Crippen molar-refractivity contribution in [3.8, 4) is 11.8 Å². The molecule has 3 aliphatic rings. The van der Waals surface area contributed by atoms with Gasteiger partial charge in [0.15, 0.2) is 0 Å². The summed E-state index contributed by atoms with van der Waals surface area (Å²) in [5.74, 6) is 0.976. The number of phenolic OH excluding ortho intramolecular Hbond substituents is 1. The van der Waals surface area contributed by atoms with Gasteiger partial charge in [-0.05, 0) is 44.0 Å². The Kier molecular flexibility index (Phi) is 7.86. The third-order valence-corrected chi connectivity index (χ3v) is 8.19. The van der Waals surface area contributed by atoms with E-state index >= 15 is 0 Å². The van der Waals surface area contributed by atoms with E-state index in [1.54, 1.807) is 23.2 Å². The lowest BCUT2D eigenvalue weighted by Crippen LogP contribution is -2.49. The Morgan fingerprint density at radius 3 is 2.80 bits per heavy atom. The molecule has 216 valence electrons. The summed E-state index contributed by atoms with van der Waals surface area (Å²) >= 11 is 0. The fourth-order valence-corrected chi connectivity index (χ4v) is 6.05. The minimum absolute atomic E-state index is 0.0609. The molecule has 2 saturated heterocycles. The zero-order valence-electron chi connectivity index (χ0n) is 23.2. The molecule has 1 amide bonds. The minimum atomic E-state index is -0.782. The number of piperidine rings is 1. The number of halogens is 1. The highest BCUT2D eigenvalue weighted by molar-refractivity contribution is 5.92. The second kappa shape index (κ2) is 11.9. The van der Waals surface area contributed by atoms with Crippen LogP contribution in [0.2, 0.25) is 0 Å². The molecule has 5 heterocycles. The van der Waals surface area contributed by atoms with Crippen molar-refractivity contribution < 1.29 is 19.0 Å². The molecule has 2 fully saturated rings. The molecule has 0 saturated carbocycles. The number of hydrogen-bond acceptors (Lipinski definition) is 9. The maximum absolute atomic E-state index is 13.9. The number of fused-ring (bicyclic) bond motifs is 2. The van der Waals surface area contributed by atoms with Crippen molar-refractivity contribution in [2.24, 2.45) is 0 Å². The summed E-state index contributed by atoms with van der Waals surface area (Å²) in [6.45, 7) is 9.62. The van der Waals surface area contributed by atoms with E-state index in [1.165, 1.54) is 6.08 Å². The van der Waals surface area contributed by atoms with Gasteiger partial charge < -0.3 is 24.5 Å². The van der Waals surface area contributed by atoms with Gasteiger partial charge in [-0.1, -0.05) is 12.6 Å². The van der Waals surface area contributed by atoms with Crippen LogP contribution in [0.15, 0.2) is 43.1 Å². The van der Waals surface area contributed by atoms with Crippen molar-refractivity contribution in [2.45, 2.75) is 32.0 Å². The minimum Gasteiger partial charge on any atom is -0.508 e. The van der Waals surface area contributed by atoms with Crippen LogP contribution in [-0.4, -0.2) is 101 Å². The summed E-state index contributed by atoms with van der Waals surface area (Å²) in [7, 11) is 0. The second-order valence-electron chi connectivity index (χ2n) is 10.9. The average Bonchev–Trinajstić information content (AvgIpc) is 2.99. The van der Waals surface area contributed by atoms with E-state index in [0.29, 0.717) is 77.8 Å². The van der Waals surface area contributed by atoms with Crippen LogP contribution in [-0.2, 0) is 17.8 Å². The van der Waals surface area contributed by atoms with E-state index < -0.39 is 6.17 Å². The number of likely N-dealkylation sites (tertiary alicyclic amines) is 1. The van der Waals surface area contributed by atoms with Crippen LogP contribution in [0.25, 0.3) is 10.9 Å². The number of rotatable bonds is 7. The number of aromatic hydroxyl groups is 1. The number of carbonyl (C=O) groups is 1. The van der Waals surface area contributed by atoms with Gasteiger partial charge in [-0.3, -0.25) is 14.7 Å². The molecule has 0 spiro atoms. The van der Waals surface area contributed by atoms with Crippen LogP contribution in [0, 0.1) is 0 Å². The molecule has 3 aromatic rings. The summed E-state index contributed by atoms with van der Waals surface area (Å²) < 4.78 is 20.0. The number of alkyl halides is 1. The first-order valence-electron chi connectivity index (χ1n) is 14.4. The molecular formula is C30H36FN7O3. The van der Waals surface area contributed by atoms with Gasteiger partial charge >= 0.3 is 6.01 Å². The molecule has 10 nitrogen and oxygen atoms in total. The molecular weight excluding hydrogens is 525 g/mol. The van der Waals surface area contributed by atoms with E-state index in [1.807, 2.05) is 12.1 Å². The molecule has 11 heteroatoms. The summed E-state index contributed by atoms with van der Waals surface area (Å²) in [6, 6.07) is 7.59. The van der Waals surface area contributed by atoms with Crippen molar-refractivity contribution >= 4 is 28.3 Å². The number of hydrogen-bond donors (Lipinski definition) is 1. The third-order valence-electron chi connectivity index (χ3n) is 8.19. The van der Waals surface area contributed by atoms with Gasteiger partial charge in [0.05, 0.1) is 23.4 Å². The van der Waals surface area contributed by atoms with Gasteiger partial charge in [0, 0.05) is 69.0 Å². The Balaban J connectivity index is 1.26. The zero-order chi connectivity index (χ0) is 28.3. The molecule has 1 aromatic carbocycles. The van der Waals surface area contributed by atoms with Crippen molar-refractivity contribution in [3.05, 3.63) is 54.4 Å². The molecule has 1 N–H and O–H groups in total. The molecule has 0 bridgehead atoms. The highest BCUT2D eigenvalue weighted by Crippen LogP contribution is 2.35. The number of piperazine rings is 1. The highest BCUT2D eigenvalue weighted by Gasteiger charge is 2.29. The maximum atomic E-state index is 13.9. The van der Waals surface area contributed by atoms with Crippen LogP contribution in [0.5, 0.6) is 11.8 Å². The van der Waals surface area contributed by atoms with Gasteiger partial charge in [0.25, 0.3) is 0 Å². The van der Waals surface area contributed by atoms with Gasteiger partial charge in [-0.2, -0.15) is 9.97 Å². The van der Waals surface area contributed by atoms with Gasteiger partial charge in [-0.15, -0.1) is 0 Å². The predicted molar refractivity (Wildman–Crippen MR) is 155 cm³/mol. The standard InChI is InChI=1S/C30H36FN7O3/c1-2-27(40)36-11-13-37(14-12-36)29-24-7-10-38(26-18-23(39)17-21-5-3-8-32-28(21)26)20-25(24)33-30(34-29)41-16-15-35-9-4-6-22(31)19-35/h2-3,5,8,17-18,22,39H,1,4,6-7,9-16,19-20H2/t22-/m0/s1. The van der Waals surface area contributed by atoms with Crippen LogP contribution in [0.4, 0.5) is 15.9 Å². The number of carbonyl (C=O) groups excluding carboxylic acids is 1. The molecule has 0 unspecified atom stereocenters. The Hall–Kier alpha value is -3.99. The summed E-state index contributed by atoms with van der Waals surface area (Å²) in [6.07, 6.45) is 4.53. The Morgan fingerprint density at radius 1 is 1.15 bits per heavy atom. The highest BCUT2D eigenvalue weighted by atomic mass is 19.1. The fourth-order valence-electron chi connectivity index (χ4n) is 6.05. The molecule has 0 aliphatic carbocycles. The van der Waals surface area contributed by atoms with E-state index in [-0.39, 0.29) is 11.7 Å². The lowest BCUT2D eigenvalue weighted by Gasteiger charge is -2.38. The number of amides is 1. The van der Waals surface area contributed by atoms with Crippen molar-refractivity contribution in [2.75, 3.05) is 68.8 Å². The number of anilines is 2. The second-order valence-corrected chi connectivity index (χ2v) is 10.9. The topological polar surface area (TPSA) is 98.2 Å². The summed E-state index contributed by atoms with van der Waals surface area (Å²) in [5, 5.41) is 11.3. The van der Waals surface area contributed by atoms with Crippen LogP contribution in [0.1, 0.15) is 24.1 Å². The lowest BCUT2D eigenvalue weighted by molar-refractivity contribution is -0.126. The number of ether oxygens (including phenoxy) is 1. The van der Waals surface area contributed by atoms with E-state index in [4.69, 9.17) is 14.7 Å². The Bertz CT molecular complexity index is 1430. The molecule has 2 aromatic heterocycles. The smallest absolute Gasteiger partial charge is 0.318 e.